The standard InChI is InChI=1S/C15H25N3O2/c1-4-13-11(7-8-19-13)9-17-14-6-5-12(16)15(18-14)20-10(2)3/h5-6,10-11,13H,4,7-9,16H2,1-3H3,(H,17,18). The van der Waals surface area contributed by atoms with Crippen molar-refractivity contribution in [2.24, 2.45) is 5.92 Å². The molecule has 1 fully saturated rings. The number of hydrogen-bond donors (Lipinski definition) is 2. The van der Waals surface area contributed by atoms with Gasteiger partial charge in [-0.3, -0.25) is 0 Å². The number of rotatable bonds is 6. The highest BCUT2D eigenvalue weighted by molar-refractivity contribution is 5.53. The minimum atomic E-state index is 0.0627. The van der Waals surface area contributed by atoms with Gasteiger partial charge in [0.15, 0.2) is 0 Å². The second kappa shape index (κ2) is 6.79. The molecule has 0 saturated carbocycles. The number of ether oxygens (including phenoxy) is 2. The Balaban J connectivity index is 1.95. The van der Waals surface area contributed by atoms with E-state index in [-0.39, 0.29) is 6.10 Å². The van der Waals surface area contributed by atoms with Crippen LogP contribution in [-0.4, -0.2) is 30.3 Å². The van der Waals surface area contributed by atoms with Crippen molar-refractivity contribution in [2.45, 2.75) is 45.8 Å². The fourth-order valence-corrected chi connectivity index (χ4v) is 2.48. The fraction of sp³-hybridized carbons (Fsp3) is 0.667. The van der Waals surface area contributed by atoms with Crippen LogP contribution in [0.4, 0.5) is 11.5 Å². The Hall–Kier alpha value is -1.49. The monoisotopic (exact) mass is 279 g/mol. The summed E-state index contributed by atoms with van der Waals surface area (Å²) in [5.41, 5.74) is 6.43. The minimum absolute atomic E-state index is 0.0627. The van der Waals surface area contributed by atoms with Gasteiger partial charge in [0.05, 0.1) is 17.9 Å². The van der Waals surface area contributed by atoms with Crippen LogP contribution in [0.1, 0.15) is 33.6 Å². The normalized spacial score (nSPS) is 22.2. The summed E-state index contributed by atoms with van der Waals surface area (Å²) >= 11 is 0. The van der Waals surface area contributed by atoms with Crippen LogP contribution in [0.3, 0.4) is 0 Å². The first-order chi connectivity index (χ1) is 9.60. The van der Waals surface area contributed by atoms with E-state index in [1.165, 1.54) is 0 Å². The molecular weight excluding hydrogens is 254 g/mol. The molecule has 1 aliphatic rings. The average Bonchev–Trinajstić information content (AvgIpc) is 2.86. The van der Waals surface area contributed by atoms with E-state index < -0.39 is 0 Å². The number of hydrogen-bond acceptors (Lipinski definition) is 5. The number of nitrogen functional groups attached to an aromatic ring is 1. The highest BCUT2D eigenvalue weighted by atomic mass is 16.5. The molecule has 2 atom stereocenters. The maximum atomic E-state index is 5.86. The van der Waals surface area contributed by atoms with Crippen molar-refractivity contribution in [1.29, 1.82) is 0 Å². The summed E-state index contributed by atoms with van der Waals surface area (Å²) in [5, 5.41) is 3.37. The van der Waals surface area contributed by atoms with Crippen molar-refractivity contribution in [2.75, 3.05) is 24.2 Å². The lowest BCUT2D eigenvalue weighted by atomic mass is 10.00. The molecule has 1 saturated heterocycles. The van der Waals surface area contributed by atoms with Gasteiger partial charge in [0, 0.05) is 19.1 Å². The van der Waals surface area contributed by atoms with E-state index in [0.29, 0.717) is 23.6 Å². The van der Waals surface area contributed by atoms with Crippen LogP contribution in [0.15, 0.2) is 12.1 Å². The van der Waals surface area contributed by atoms with Gasteiger partial charge in [-0.25, -0.2) is 0 Å². The molecule has 0 radical (unpaired) electrons. The summed E-state index contributed by atoms with van der Waals surface area (Å²) < 4.78 is 11.3. The Morgan fingerprint density at radius 1 is 1.50 bits per heavy atom. The largest absolute Gasteiger partial charge is 0.473 e. The third-order valence-corrected chi connectivity index (χ3v) is 3.53. The van der Waals surface area contributed by atoms with Gasteiger partial charge in [-0.2, -0.15) is 4.98 Å². The van der Waals surface area contributed by atoms with Crippen molar-refractivity contribution >= 4 is 11.5 Å². The van der Waals surface area contributed by atoms with Crippen LogP contribution >= 0.6 is 0 Å². The first-order valence-electron chi connectivity index (χ1n) is 7.38. The number of aromatic nitrogens is 1. The molecule has 0 aliphatic carbocycles. The van der Waals surface area contributed by atoms with Crippen LogP contribution in [0.5, 0.6) is 5.88 Å². The molecule has 2 unspecified atom stereocenters. The lowest BCUT2D eigenvalue weighted by Gasteiger charge is -2.18. The maximum Gasteiger partial charge on any atom is 0.239 e. The molecule has 112 valence electrons. The van der Waals surface area contributed by atoms with Gasteiger partial charge in [0.25, 0.3) is 0 Å². The van der Waals surface area contributed by atoms with E-state index in [2.05, 4.69) is 17.2 Å². The van der Waals surface area contributed by atoms with Crippen molar-refractivity contribution in [3.63, 3.8) is 0 Å². The molecule has 0 aromatic carbocycles. The number of nitrogens with one attached hydrogen (secondary N) is 1. The van der Waals surface area contributed by atoms with Gasteiger partial charge in [-0.15, -0.1) is 0 Å². The van der Waals surface area contributed by atoms with E-state index in [9.17, 15) is 0 Å². The molecule has 0 amide bonds. The second-order valence-electron chi connectivity index (χ2n) is 5.50. The Labute approximate surface area is 120 Å². The molecule has 20 heavy (non-hydrogen) atoms. The molecule has 5 nitrogen and oxygen atoms in total. The minimum Gasteiger partial charge on any atom is -0.473 e. The molecule has 2 rings (SSSR count). The van der Waals surface area contributed by atoms with Gasteiger partial charge in [-0.05, 0) is 38.8 Å². The Kier molecular flexibility index (Phi) is 5.06. The predicted molar refractivity (Wildman–Crippen MR) is 81.0 cm³/mol. The number of pyridine rings is 1. The maximum absolute atomic E-state index is 5.86. The third-order valence-electron chi connectivity index (χ3n) is 3.53. The molecule has 1 aromatic heterocycles. The molecule has 0 bridgehead atoms. The summed E-state index contributed by atoms with van der Waals surface area (Å²) in [6.45, 7) is 7.82. The summed E-state index contributed by atoms with van der Waals surface area (Å²) in [5.74, 6) is 1.85. The van der Waals surface area contributed by atoms with Crippen molar-refractivity contribution in [3.05, 3.63) is 12.1 Å². The Morgan fingerprint density at radius 2 is 2.30 bits per heavy atom. The summed E-state index contributed by atoms with van der Waals surface area (Å²) in [6.07, 6.45) is 2.59. The summed E-state index contributed by atoms with van der Waals surface area (Å²) in [4.78, 5) is 4.43. The number of nitrogens with two attached hydrogens (primary N) is 1. The van der Waals surface area contributed by atoms with Gasteiger partial charge in [-0.1, -0.05) is 6.92 Å². The molecule has 3 N–H and O–H groups in total. The van der Waals surface area contributed by atoms with Crippen LogP contribution < -0.4 is 15.8 Å². The van der Waals surface area contributed by atoms with E-state index in [1.54, 1.807) is 0 Å². The van der Waals surface area contributed by atoms with E-state index >= 15 is 0 Å². The zero-order valence-corrected chi connectivity index (χ0v) is 12.6. The highest BCUT2D eigenvalue weighted by Gasteiger charge is 2.26. The topological polar surface area (TPSA) is 69.4 Å². The van der Waals surface area contributed by atoms with Crippen molar-refractivity contribution < 1.29 is 9.47 Å². The van der Waals surface area contributed by atoms with Gasteiger partial charge < -0.3 is 20.5 Å². The zero-order chi connectivity index (χ0) is 14.5. The lowest BCUT2D eigenvalue weighted by Crippen LogP contribution is -2.23. The Bertz CT molecular complexity index is 437. The van der Waals surface area contributed by atoms with Gasteiger partial charge in [0.2, 0.25) is 5.88 Å². The average molecular weight is 279 g/mol. The molecule has 1 aromatic rings. The van der Waals surface area contributed by atoms with Gasteiger partial charge in [0.1, 0.15) is 5.82 Å². The number of anilines is 2. The predicted octanol–water partition coefficient (Wildman–Crippen LogP) is 2.68. The van der Waals surface area contributed by atoms with Gasteiger partial charge >= 0.3 is 0 Å². The van der Waals surface area contributed by atoms with Crippen molar-refractivity contribution in [1.82, 2.24) is 4.98 Å². The fourth-order valence-electron chi connectivity index (χ4n) is 2.48. The molecule has 1 aliphatic heterocycles. The van der Waals surface area contributed by atoms with Crippen LogP contribution in [0.2, 0.25) is 0 Å². The van der Waals surface area contributed by atoms with E-state index in [4.69, 9.17) is 15.2 Å². The van der Waals surface area contributed by atoms with Crippen LogP contribution in [0.25, 0.3) is 0 Å². The van der Waals surface area contributed by atoms with E-state index in [1.807, 2.05) is 26.0 Å². The first kappa shape index (κ1) is 14.9. The summed E-state index contributed by atoms with van der Waals surface area (Å²) in [6, 6.07) is 3.72. The Morgan fingerprint density at radius 3 is 3.00 bits per heavy atom. The number of nitrogens with zero attached hydrogens (tertiary/aromatic N) is 1. The van der Waals surface area contributed by atoms with Crippen LogP contribution in [0, 0.1) is 5.92 Å². The third kappa shape index (κ3) is 3.76. The quantitative estimate of drug-likeness (QED) is 0.838. The summed E-state index contributed by atoms with van der Waals surface area (Å²) in [7, 11) is 0. The first-order valence-corrected chi connectivity index (χ1v) is 7.38. The van der Waals surface area contributed by atoms with Crippen LogP contribution in [-0.2, 0) is 4.74 Å². The highest BCUT2D eigenvalue weighted by Crippen LogP contribution is 2.25. The smallest absolute Gasteiger partial charge is 0.239 e. The molecular formula is C15H25N3O2. The SMILES string of the molecule is CCC1OCCC1CNc1ccc(N)c(OC(C)C)n1. The molecule has 5 heteroatoms. The van der Waals surface area contributed by atoms with E-state index in [0.717, 1.165) is 31.8 Å². The van der Waals surface area contributed by atoms with Crippen molar-refractivity contribution in [3.8, 4) is 5.88 Å². The molecule has 2 heterocycles. The zero-order valence-electron chi connectivity index (χ0n) is 12.6. The lowest BCUT2D eigenvalue weighted by molar-refractivity contribution is 0.0900. The second-order valence-corrected chi connectivity index (χ2v) is 5.50. The molecule has 0 spiro atoms.